The Hall–Kier alpha value is -0.615. The van der Waals surface area contributed by atoms with Gasteiger partial charge in [-0.2, -0.15) is 0 Å². The van der Waals surface area contributed by atoms with E-state index in [1.807, 2.05) is 0 Å². The van der Waals surface area contributed by atoms with Crippen molar-refractivity contribution in [3.63, 3.8) is 0 Å². The van der Waals surface area contributed by atoms with E-state index in [4.69, 9.17) is 25.2 Å². The smallest absolute Gasteiger partial charge is 0.200 e. The molecule has 0 aliphatic carbocycles. The van der Waals surface area contributed by atoms with Gasteiger partial charge in [0, 0.05) is 0 Å². The Labute approximate surface area is 77.1 Å². The average Bonchev–Trinajstić information content (AvgIpc) is 2.31. The molecule has 0 aromatic rings. The number of nitrogens with one attached hydrogen (secondary N) is 2. The highest BCUT2D eigenvalue weighted by Crippen LogP contribution is 2.08. The zero-order valence-corrected chi connectivity index (χ0v) is 7.23. The number of aliphatic hydroxyl groups excluding tert-OH is 1. The van der Waals surface area contributed by atoms with E-state index in [0.717, 1.165) is 0 Å². The third-order valence-electron chi connectivity index (χ3n) is 1.72. The number of carbonyl (C=O) groups is 1. The van der Waals surface area contributed by atoms with Gasteiger partial charge >= 0.3 is 0 Å². The van der Waals surface area contributed by atoms with Crippen LogP contribution in [-0.2, 0) is 0 Å². The Bertz CT molecular complexity index is 212. The van der Waals surface area contributed by atoms with Gasteiger partial charge in [0.05, 0.1) is 23.7 Å². The highest BCUT2D eigenvalue weighted by atomic mass is 32.1. The van der Waals surface area contributed by atoms with Crippen LogP contribution in [0, 0.1) is 0 Å². The second-order valence-corrected chi connectivity index (χ2v) is 3.12. The molecular formula is C6H9BN2O2S. The second kappa shape index (κ2) is 3.86. The Morgan fingerprint density at radius 2 is 2.58 bits per heavy atom. The molecule has 1 fully saturated rings. The van der Waals surface area contributed by atoms with Crippen LogP contribution in [0.5, 0.6) is 0 Å². The first-order chi connectivity index (χ1) is 5.63. The topological polar surface area (TPSA) is 61.4 Å². The van der Waals surface area contributed by atoms with Crippen molar-refractivity contribution in [3.05, 3.63) is 0 Å². The van der Waals surface area contributed by atoms with E-state index in [1.165, 1.54) is 0 Å². The van der Waals surface area contributed by atoms with Crippen LogP contribution in [0.3, 0.4) is 0 Å². The molecule has 1 aliphatic heterocycles. The van der Waals surface area contributed by atoms with Crippen molar-refractivity contribution in [2.45, 2.75) is 18.5 Å². The van der Waals surface area contributed by atoms with Gasteiger partial charge in [0.1, 0.15) is 0 Å². The Balaban J connectivity index is 2.46. The summed E-state index contributed by atoms with van der Waals surface area (Å²) >= 11 is 4.91. The van der Waals surface area contributed by atoms with Crippen LogP contribution in [-0.4, -0.2) is 42.4 Å². The zero-order valence-electron chi connectivity index (χ0n) is 6.41. The molecule has 4 nitrogen and oxygen atoms in total. The van der Waals surface area contributed by atoms with Crippen molar-refractivity contribution in [1.82, 2.24) is 10.6 Å². The average molecular weight is 184 g/mol. The standard InChI is InChI=1S/C6H9BN2O2S/c7-6(11)9-4-1-3(2-10)8-5(4)12/h3-4,10H,1-2H2,(H,8,12)(H,9,11)/t3-,4-/m1/s1. The first kappa shape index (κ1) is 9.47. The van der Waals surface area contributed by atoms with E-state index in [2.05, 4.69) is 10.6 Å². The zero-order chi connectivity index (χ0) is 9.14. The summed E-state index contributed by atoms with van der Waals surface area (Å²) in [7, 11) is 4.92. The quantitative estimate of drug-likeness (QED) is 0.377. The van der Waals surface area contributed by atoms with E-state index >= 15 is 0 Å². The molecule has 0 bridgehead atoms. The van der Waals surface area contributed by atoms with Crippen molar-refractivity contribution >= 4 is 30.9 Å². The molecule has 0 unspecified atom stereocenters. The van der Waals surface area contributed by atoms with Gasteiger partial charge in [0.25, 0.3) is 0 Å². The molecule has 0 aromatic heterocycles. The van der Waals surface area contributed by atoms with Gasteiger partial charge in [-0.25, -0.2) is 0 Å². The first-order valence-electron chi connectivity index (χ1n) is 3.60. The maximum absolute atomic E-state index is 10.5. The normalized spacial score (nSPS) is 28.2. The highest BCUT2D eigenvalue weighted by Gasteiger charge is 2.28. The third kappa shape index (κ3) is 2.18. The summed E-state index contributed by atoms with van der Waals surface area (Å²) in [5, 5.41) is 14.1. The minimum atomic E-state index is -0.595. The SMILES string of the molecule is [B]C(=O)N[C@@H]1C[C@H](CO)NC1=S. The number of carbonyl (C=O) groups excluding carboxylic acids is 1. The molecule has 0 aromatic carbocycles. The lowest BCUT2D eigenvalue weighted by Crippen LogP contribution is -2.38. The molecule has 1 saturated heterocycles. The van der Waals surface area contributed by atoms with Crippen LogP contribution in [0.4, 0.5) is 4.79 Å². The van der Waals surface area contributed by atoms with Gasteiger partial charge in [-0.15, -0.1) is 0 Å². The maximum Gasteiger partial charge on any atom is 0.200 e. The van der Waals surface area contributed by atoms with Crippen molar-refractivity contribution in [1.29, 1.82) is 0 Å². The van der Waals surface area contributed by atoms with E-state index < -0.39 is 5.81 Å². The number of amides is 1. The van der Waals surface area contributed by atoms with Crippen LogP contribution < -0.4 is 10.6 Å². The third-order valence-corrected chi connectivity index (χ3v) is 2.12. The van der Waals surface area contributed by atoms with Crippen molar-refractivity contribution in [3.8, 4) is 0 Å². The van der Waals surface area contributed by atoms with Crippen molar-refractivity contribution in [2.24, 2.45) is 0 Å². The molecule has 2 atom stereocenters. The molecule has 3 N–H and O–H groups in total. The second-order valence-electron chi connectivity index (χ2n) is 2.68. The van der Waals surface area contributed by atoms with E-state index in [-0.39, 0.29) is 18.7 Å². The Kier molecular flexibility index (Phi) is 3.05. The fourth-order valence-electron chi connectivity index (χ4n) is 1.17. The number of rotatable bonds is 2. The lowest BCUT2D eigenvalue weighted by Gasteiger charge is -2.08. The fraction of sp³-hybridized carbons (Fsp3) is 0.667. The van der Waals surface area contributed by atoms with Crippen LogP contribution in [0.15, 0.2) is 0 Å². The van der Waals surface area contributed by atoms with E-state index in [0.29, 0.717) is 11.4 Å². The molecule has 0 saturated carbocycles. The van der Waals surface area contributed by atoms with Crippen LogP contribution >= 0.6 is 12.2 Å². The Morgan fingerprint density at radius 3 is 3.00 bits per heavy atom. The van der Waals surface area contributed by atoms with Crippen molar-refractivity contribution in [2.75, 3.05) is 6.61 Å². The maximum atomic E-state index is 10.5. The summed E-state index contributed by atoms with van der Waals surface area (Å²) in [4.78, 5) is 11.0. The van der Waals surface area contributed by atoms with Gasteiger partial charge in [0.15, 0.2) is 5.81 Å². The minimum absolute atomic E-state index is 0.0110. The lowest BCUT2D eigenvalue weighted by atomic mass is 10.1. The predicted octanol–water partition coefficient (Wildman–Crippen LogP) is -1.09. The molecule has 2 radical (unpaired) electrons. The van der Waals surface area contributed by atoms with Crippen LogP contribution in [0.25, 0.3) is 0 Å². The summed E-state index contributed by atoms with van der Waals surface area (Å²) in [6, 6.07) is -0.288. The summed E-state index contributed by atoms with van der Waals surface area (Å²) < 4.78 is 0. The molecule has 1 heterocycles. The number of hydrogen-bond acceptors (Lipinski definition) is 3. The molecule has 64 valence electrons. The van der Waals surface area contributed by atoms with Gasteiger partial charge in [-0.3, -0.25) is 4.79 Å². The van der Waals surface area contributed by atoms with E-state index in [9.17, 15) is 4.79 Å². The van der Waals surface area contributed by atoms with Crippen LogP contribution in [0.2, 0.25) is 0 Å². The predicted molar refractivity (Wildman–Crippen MR) is 49.3 cm³/mol. The lowest BCUT2D eigenvalue weighted by molar-refractivity contribution is 0.249. The molecule has 1 amide bonds. The molecule has 1 rings (SSSR count). The summed E-state index contributed by atoms with van der Waals surface area (Å²) in [5.74, 6) is -0.595. The van der Waals surface area contributed by atoms with Crippen LogP contribution in [0.1, 0.15) is 6.42 Å². The monoisotopic (exact) mass is 184 g/mol. The van der Waals surface area contributed by atoms with Crippen molar-refractivity contribution < 1.29 is 9.90 Å². The van der Waals surface area contributed by atoms with Gasteiger partial charge in [-0.1, -0.05) is 12.2 Å². The van der Waals surface area contributed by atoms with E-state index in [1.54, 1.807) is 0 Å². The van der Waals surface area contributed by atoms with Gasteiger partial charge in [0.2, 0.25) is 7.85 Å². The highest BCUT2D eigenvalue weighted by molar-refractivity contribution is 7.80. The van der Waals surface area contributed by atoms with Gasteiger partial charge in [-0.05, 0) is 6.42 Å². The molecular weight excluding hydrogens is 175 g/mol. The molecule has 1 aliphatic rings. The fourth-order valence-corrected chi connectivity index (χ4v) is 1.49. The minimum Gasteiger partial charge on any atom is -0.394 e. The molecule has 0 spiro atoms. The number of aliphatic hydroxyl groups is 1. The van der Waals surface area contributed by atoms with Gasteiger partial charge < -0.3 is 15.7 Å². The first-order valence-corrected chi connectivity index (χ1v) is 4.01. The summed E-state index contributed by atoms with van der Waals surface area (Å²) in [5.41, 5.74) is 0. The molecule has 12 heavy (non-hydrogen) atoms. The molecule has 6 heteroatoms. The largest absolute Gasteiger partial charge is 0.394 e. The number of hydrogen-bond donors (Lipinski definition) is 3. The summed E-state index contributed by atoms with van der Waals surface area (Å²) in [6.07, 6.45) is 0.596. The summed E-state index contributed by atoms with van der Waals surface area (Å²) in [6.45, 7) is 0.0110. The Morgan fingerprint density at radius 1 is 1.92 bits per heavy atom. The number of thiocarbonyl (C=S) groups is 1.